The van der Waals surface area contributed by atoms with Gasteiger partial charge in [-0.05, 0) is 6.92 Å². The van der Waals surface area contributed by atoms with Crippen molar-refractivity contribution in [3.8, 4) is 6.07 Å². The summed E-state index contributed by atoms with van der Waals surface area (Å²) in [6.07, 6.45) is 2.41. The van der Waals surface area contributed by atoms with E-state index in [-0.39, 0.29) is 19.0 Å². The Hall–Kier alpha value is -2.88. The topological polar surface area (TPSA) is 103 Å². The van der Waals surface area contributed by atoms with E-state index in [1.165, 1.54) is 14.2 Å². The lowest BCUT2D eigenvalue weighted by atomic mass is 10.4. The van der Waals surface area contributed by atoms with Crippen molar-refractivity contribution in [2.75, 3.05) is 20.8 Å². The molecule has 0 saturated carbocycles. The largest absolute Gasteiger partial charge is 0.466 e. The zero-order chi connectivity index (χ0) is 18.0. The highest BCUT2D eigenvalue weighted by Crippen LogP contribution is 1.87. The normalized spacial score (nSPS) is 7.36. The minimum Gasteiger partial charge on any atom is -0.466 e. The zero-order valence-electron chi connectivity index (χ0n) is 13.1. The first-order valence-electron chi connectivity index (χ1n) is 5.90. The molecule has 7 heteroatoms. The molecular weight excluding hydrogens is 290 g/mol. The van der Waals surface area contributed by atoms with Gasteiger partial charge < -0.3 is 14.2 Å². The lowest BCUT2D eigenvalue weighted by molar-refractivity contribution is -0.138. The van der Waals surface area contributed by atoms with Crippen LogP contribution in [0.25, 0.3) is 0 Å². The summed E-state index contributed by atoms with van der Waals surface area (Å²) in [5, 5.41) is 7.98. The van der Waals surface area contributed by atoms with Gasteiger partial charge in [-0.1, -0.05) is 19.7 Å². The van der Waals surface area contributed by atoms with Crippen molar-refractivity contribution in [2.24, 2.45) is 0 Å². The van der Waals surface area contributed by atoms with Gasteiger partial charge in [0.15, 0.2) is 0 Å². The predicted molar refractivity (Wildman–Crippen MR) is 80.4 cm³/mol. The van der Waals surface area contributed by atoms with Gasteiger partial charge in [0.25, 0.3) is 0 Å². The Morgan fingerprint density at radius 1 is 1.09 bits per heavy atom. The molecule has 0 heterocycles. The molecule has 0 aromatic rings. The van der Waals surface area contributed by atoms with Crippen molar-refractivity contribution in [3.05, 3.63) is 37.5 Å². The molecule has 0 aromatic heterocycles. The van der Waals surface area contributed by atoms with E-state index >= 15 is 0 Å². The van der Waals surface area contributed by atoms with Crippen molar-refractivity contribution in [1.82, 2.24) is 0 Å². The van der Waals surface area contributed by atoms with E-state index in [4.69, 9.17) is 5.26 Å². The highest BCUT2D eigenvalue weighted by molar-refractivity contribution is 5.86. The fourth-order valence-corrected chi connectivity index (χ4v) is 0.514. The Labute approximate surface area is 130 Å². The molecule has 0 rings (SSSR count). The quantitative estimate of drug-likeness (QED) is 0.329. The monoisotopic (exact) mass is 311 g/mol. The van der Waals surface area contributed by atoms with Crippen LogP contribution in [0.5, 0.6) is 0 Å². The highest BCUT2D eigenvalue weighted by Gasteiger charge is 1.95. The molecule has 7 nitrogen and oxygen atoms in total. The average molecular weight is 311 g/mol. The van der Waals surface area contributed by atoms with E-state index in [2.05, 4.69) is 33.9 Å². The van der Waals surface area contributed by atoms with Gasteiger partial charge in [-0.3, -0.25) is 0 Å². The summed E-state index contributed by atoms with van der Waals surface area (Å²) >= 11 is 0. The molecule has 22 heavy (non-hydrogen) atoms. The molecule has 0 atom stereocenters. The molecule has 0 bridgehead atoms. The molecular formula is C15H21NO6. The molecule has 0 amide bonds. The van der Waals surface area contributed by atoms with E-state index in [1.807, 2.05) is 6.07 Å². The second-order valence-corrected chi connectivity index (χ2v) is 3.28. The molecule has 0 aliphatic carbocycles. The molecule has 0 fully saturated rings. The Balaban J connectivity index is -0.000000252. The predicted octanol–water partition coefficient (Wildman–Crippen LogP) is 1.71. The molecule has 0 aliphatic heterocycles. The first-order valence-corrected chi connectivity index (χ1v) is 5.90. The van der Waals surface area contributed by atoms with Gasteiger partial charge in [0.2, 0.25) is 0 Å². The van der Waals surface area contributed by atoms with Gasteiger partial charge in [-0.2, -0.15) is 5.26 Å². The molecule has 0 spiro atoms. The summed E-state index contributed by atoms with van der Waals surface area (Å²) in [4.78, 5) is 30.3. The SMILES string of the molecule is C=C(C)C(=O)OC.C=CC(=O)OC.C=CC(=O)OCCC#N. The number of nitrogens with zero attached hydrogens (tertiary/aromatic N) is 1. The third-order valence-electron chi connectivity index (χ3n) is 1.53. The van der Waals surface area contributed by atoms with Gasteiger partial charge in [0, 0.05) is 17.7 Å². The first kappa shape index (κ1) is 24.2. The number of methoxy groups -OCH3 is 2. The van der Waals surface area contributed by atoms with Crippen molar-refractivity contribution in [3.63, 3.8) is 0 Å². The summed E-state index contributed by atoms with van der Waals surface area (Å²) < 4.78 is 12.9. The summed E-state index contributed by atoms with van der Waals surface area (Å²) in [5.74, 6) is -1.22. The van der Waals surface area contributed by atoms with Gasteiger partial charge >= 0.3 is 17.9 Å². The van der Waals surface area contributed by atoms with E-state index in [9.17, 15) is 14.4 Å². The van der Waals surface area contributed by atoms with Crippen LogP contribution in [0.15, 0.2) is 37.5 Å². The molecule has 0 saturated heterocycles. The smallest absolute Gasteiger partial charge is 0.332 e. The van der Waals surface area contributed by atoms with Crippen LogP contribution < -0.4 is 0 Å². The van der Waals surface area contributed by atoms with E-state index < -0.39 is 11.9 Å². The number of ether oxygens (including phenoxy) is 3. The van der Waals surface area contributed by atoms with E-state index in [0.717, 1.165) is 12.2 Å². The number of carbonyl (C=O) groups is 3. The zero-order valence-corrected chi connectivity index (χ0v) is 13.1. The van der Waals surface area contributed by atoms with Crippen molar-refractivity contribution in [2.45, 2.75) is 13.3 Å². The Bertz CT molecular complexity index is 434. The van der Waals surface area contributed by atoms with Gasteiger partial charge in [0.1, 0.15) is 6.61 Å². The minimum atomic E-state index is -0.481. The molecule has 0 radical (unpaired) electrons. The van der Waals surface area contributed by atoms with Crippen LogP contribution in [0.2, 0.25) is 0 Å². The maximum absolute atomic E-state index is 10.2. The number of rotatable bonds is 5. The van der Waals surface area contributed by atoms with Gasteiger partial charge in [0.05, 0.1) is 26.7 Å². The van der Waals surface area contributed by atoms with Crippen LogP contribution in [0, 0.1) is 11.3 Å². The standard InChI is InChI=1S/C6H7NO2.C5H8O2.C4H6O2/c1-2-6(8)9-5-3-4-7;1-4(2)5(6)7-3;1-3-4(5)6-2/h2H,1,3,5H2;1H2,2-3H3;3H,1H2,2H3. The first-order chi connectivity index (χ1) is 10.3. The van der Waals surface area contributed by atoms with Crippen molar-refractivity contribution in [1.29, 1.82) is 5.26 Å². The lowest BCUT2D eigenvalue weighted by Gasteiger charge is -1.93. The third kappa shape index (κ3) is 22.3. The fourth-order valence-electron chi connectivity index (χ4n) is 0.514. The Morgan fingerprint density at radius 3 is 1.77 bits per heavy atom. The van der Waals surface area contributed by atoms with Crippen LogP contribution in [0.1, 0.15) is 13.3 Å². The molecule has 0 N–H and O–H groups in total. The van der Waals surface area contributed by atoms with E-state index in [0.29, 0.717) is 5.57 Å². The number of nitriles is 1. The minimum absolute atomic E-state index is 0.154. The molecule has 0 aliphatic rings. The number of hydrogen-bond donors (Lipinski definition) is 0. The maximum Gasteiger partial charge on any atom is 0.332 e. The number of hydrogen-bond acceptors (Lipinski definition) is 7. The average Bonchev–Trinajstić information content (AvgIpc) is 2.54. The highest BCUT2D eigenvalue weighted by atomic mass is 16.5. The van der Waals surface area contributed by atoms with Crippen LogP contribution in [-0.4, -0.2) is 38.7 Å². The van der Waals surface area contributed by atoms with Crippen LogP contribution >= 0.6 is 0 Å². The van der Waals surface area contributed by atoms with E-state index in [1.54, 1.807) is 6.92 Å². The third-order valence-corrected chi connectivity index (χ3v) is 1.53. The second kappa shape index (κ2) is 18.1. The summed E-state index contributed by atoms with van der Waals surface area (Å²) in [6, 6.07) is 1.84. The van der Waals surface area contributed by atoms with Crippen LogP contribution in [-0.2, 0) is 28.6 Å². The van der Waals surface area contributed by atoms with Crippen LogP contribution in [0.3, 0.4) is 0 Å². The maximum atomic E-state index is 10.2. The Morgan fingerprint density at radius 2 is 1.59 bits per heavy atom. The fraction of sp³-hybridized carbons (Fsp3) is 0.333. The van der Waals surface area contributed by atoms with Crippen molar-refractivity contribution < 1.29 is 28.6 Å². The summed E-state index contributed by atoms with van der Waals surface area (Å²) in [7, 11) is 2.64. The number of carbonyl (C=O) groups excluding carboxylic acids is 3. The number of esters is 3. The Kier molecular flexibility index (Phi) is 19.9. The lowest BCUT2D eigenvalue weighted by Crippen LogP contribution is -2.00. The summed E-state index contributed by atoms with van der Waals surface area (Å²) in [5.41, 5.74) is 0.433. The van der Waals surface area contributed by atoms with Crippen LogP contribution in [0.4, 0.5) is 0 Å². The van der Waals surface area contributed by atoms with Crippen molar-refractivity contribution >= 4 is 17.9 Å². The molecule has 122 valence electrons. The molecule has 0 aromatic carbocycles. The van der Waals surface area contributed by atoms with Gasteiger partial charge in [-0.25, -0.2) is 14.4 Å². The second-order valence-electron chi connectivity index (χ2n) is 3.28. The van der Waals surface area contributed by atoms with Gasteiger partial charge in [-0.15, -0.1) is 0 Å². The summed E-state index contributed by atoms with van der Waals surface area (Å²) in [6.45, 7) is 11.4. The molecule has 0 unspecified atom stereocenters.